The molecular weight excluding hydrogens is 490 g/mol. The van der Waals surface area contributed by atoms with Crippen LogP contribution in [-0.2, 0) is 9.53 Å². The van der Waals surface area contributed by atoms with E-state index in [1.807, 2.05) is 30.9 Å². The van der Waals surface area contributed by atoms with Gasteiger partial charge in [0.1, 0.15) is 0 Å². The molecule has 3 rings (SSSR count). The highest BCUT2D eigenvalue weighted by Gasteiger charge is 2.25. The molecule has 2 aromatic rings. The van der Waals surface area contributed by atoms with Crippen LogP contribution in [0.15, 0.2) is 42.5 Å². The average Bonchev–Trinajstić information content (AvgIpc) is 2.91. The number of urea groups is 1. The van der Waals surface area contributed by atoms with Gasteiger partial charge in [0.25, 0.3) is 5.91 Å². The molecule has 2 aromatic carbocycles. The fraction of sp³-hybridized carbons (Fsp3) is 0.407. The van der Waals surface area contributed by atoms with Crippen molar-refractivity contribution in [1.29, 1.82) is 0 Å². The maximum Gasteiger partial charge on any atom is 0.409 e. The molecule has 0 saturated carbocycles. The number of rotatable bonds is 9. The molecule has 204 valence electrons. The predicted octanol–water partition coefficient (Wildman–Crippen LogP) is 3.36. The molecule has 38 heavy (non-hydrogen) atoms. The summed E-state index contributed by atoms with van der Waals surface area (Å²) in [5.74, 6) is -1.50. The van der Waals surface area contributed by atoms with Gasteiger partial charge >= 0.3 is 18.1 Å². The van der Waals surface area contributed by atoms with Gasteiger partial charge < -0.3 is 35.6 Å². The van der Waals surface area contributed by atoms with Crippen LogP contribution in [0.5, 0.6) is 0 Å². The zero-order valence-corrected chi connectivity index (χ0v) is 22.0. The van der Waals surface area contributed by atoms with E-state index in [1.165, 1.54) is 7.11 Å². The van der Waals surface area contributed by atoms with Crippen LogP contribution < -0.4 is 20.9 Å². The molecule has 4 amide bonds. The summed E-state index contributed by atoms with van der Waals surface area (Å²) in [6.07, 6.45) is 0.0998. The van der Waals surface area contributed by atoms with Gasteiger partial charge in [-0.1, -0.05) is 36.8 Å². The number of carbonyl (C=O) groups is 4. The van der Waals surface area contributed by atoms with Crippen molar-refractivity contribution in [2.75, 3.05) is 50.1 Å². The number of carboxylic acid groups (broad SMARTS) is 1. The second kappa shape index (κ2) is 13.3. The Hall–Kier alpha value is -4.28. The number of nitrogens with one attached hydrogen (secondary N) is 3. The number of methoxy groups -OCH3 is 1. The SMILES string of the molecule is CCCNC(=O)Nc1cc(C(=O)NC(CC(=O)O)c2ccc(C)cc2)ccc1N1CCN(C(=O)OC)CC1. The minimum absolute atomic E-state index is 0.273. The third kappa shape index (κ3) is 7.61. The Labute approximate surface area is 222 Å². The number of hydrogen-bond donors (Lipinski definition) is 4. The van der Waals surface area contributed by atoms with E-state index in [9.17, 15) is 24.3 Å². The number of ether oxygens (including phenoxy) is 1. The summed E-state index contributed by atoms with van der Waals surface area (Å²) >= 11 is 0. The Morgan fingerprint density at radius 3 is 2.32 bits per heavy atom. The van der Waals surface area contributed by atoms with Gasteiger partial charge in [0.05, 0.1) is 30.9 Å². The van der Waals surface area contributed by atoms with Crippen molar-refractivity contribution < 1.29 is 29.0 Å². The van der Waals surface area contributed by atoms with Crippen LogP contribution in [0.4, 0.5) is 21.0 Å². The number of hydrogen-bond acceptors (Lipinski definition) is 6. The third-order valence-electron chi connectivity index (χ3n) is 6.26. The molecule has 0 spiro atoms. The number of anilines is 2. The van der Waals surface area contributed by atoms with E-state index < -0.39 is 30.0 Å². The highest BCUT2D eigenvalue weighted by atomic mass is 16.5. The quantitative estimate of drug-likeness (QED) is 0.393. The van der Waals surface area contributed by atoms with Crippen molar-refractivity contribution in [1.82, 2.24) is 15.5 Å². The van der Waals surface area contributed by atoms with Crippen LogP contribution in [0.2, 0.25) is 0 Å². The number of benzene rings is 2. The molecule has 1 aliphatic rings. The number of aliphatic carboxylic acids is 1. The second-order valence-corrected chi connectivity index (χ2v) is 9.09. The molecule has 0 bridgehead atoms. The number of amides is 4. The maximum atomic E-state index is 13.2. The Bertz CT molecular complexity index is 1150. The highest BCUT2D eigenvalue weighted by Crippen LogP contribution is 2.29. The van der Waals surface area contributed by atoms with E-state index in [-0.39, 0.29) is 12.0 Å². The van der Waals surface area contributed by atoms with Gasteiger partial charge in [-0.2, -0.15) is 0 Å². The van der Waals surface area contributed by atoms with Crippen molar-refractivity contribution in [3.05, 3.63) is 59.2 Å². The molecule has 0 radical (unpaired) electrons. The van der Waals surface area contributed by atoms with Gasteiger partial charge in [-0.05, 0) is 37.1 Å². The van der Waals surface area contributed by atoms with E-state index in [2.05, 4.69) is 16.0 Å². The van der Waals surface area contributed by atoms with Crippen LogP contribution in [-0.4, -0.2) is 73.8 Å². The lowest BCUT2D eigenvalue weighted by atomic mass is 10.0. The zero-order valence-electron chi connectivity index (χ0n) is 22.0. The first kappa shape index (κ1) is 28.3. The molecule has 1 aliphatic heterocycles. The highest BCUT2D eigenvalue weighted by molar-refractivity contribution is 6.00. The third-order valence-corrected chi connectivity index (χ3v) is 6.26. The van der Waals surface area contributed by atoms with E-state index in [0.717, 1.165) is 12.0 Å². The fourth-order valence-electron chi connectivity index (χ4n) is 4.18. The molecule has 0 aromatic heterocycles. The first-order valence-electron chi connectivity index (χ1n) is 12.6. The summed E-state index contributed by atoms with van der Waals surface area (Å²) in [7, 11) is 1.34. The number of carboxylic acids is 1. The summed E-state index contributed by atoms with van der Waals surface area (Å²) in [6.45, 7) is 6.29. The molecule has 1 heterocycles. The van der Waals surface area contributed by atoms with E-state index in [1.54, 1.807) is 35.2 Å². The lowest BCUT2D eigenvalue weighted by molar-refractivity contribution is -0.137. The lowest BCUT2D eigenvalue weighted by Gasteiger charge is -2.36. The van der Waals surface area contributed by atoms with E-state index in [0.29, 0.717) is 49.7 Å². The molecule has 4 N–H and O–H groups in total. The van der Waals surface area contributed by atoms with Gasteiger partial charge in [-0.15, -0.1) is 0 Å². The monoisotopic (exact) mass is 525 g/mol. The Kier molecular flexibility index (Phi) is 9.92. The number of aryl methyl sites for hydroxylation is 1. The van der Waals surface area contributed by atoms with Crippen LogP contribution in [0.25, 0.3) is 0 Å². The summed E-state index contributed by atoms with van der Waals surface area (Å²) in [5.41, 5.74) is 3.12. The first-order chi connectivity index (χ1) is 18.2. The zero-order chi connectivity index (χ0) is 27.7. The van der Waals surface area contributed by atoms with E-state index >= 15 is 0 Å². The molecule has 1 saturated heterocycles. The average molecular weight is 526 g/mol. The van der Waals surface area contributed by atoms with Gasteiger partial charge in [0.2, 0.25) is 0 Å². The van der Waals surface area contributed by atoms with Gasteiger partial charge in [-0.3, -0.25) is 9.59 Å². The smallest absolute Gasteiger partial charge is 0.409 e. The summed E-state index contributed by atoms with van der Waals surface area (Å²) in [6, 6.07) is 11.2. The molecule has 1 unspecified atom stereocenters. The fourth-order valence-corrected chi connectivity index (χ4v) is 4.18. The van der Waals surface area contributed by atoms with Crippen molar-refractivity contribution in [3.8, 4) is 0 Å². The van der Waals surface area contributed by atoms with Crippen molar-refractivity contribution in [2.45, 2.75) is 32.7 Å². The molecule has 11 nitrogen and oxygen atoms in total. The van der Waals surface area contributed by atoms with Crippen LogP contribution in [0.1, 0.15) is 47.3 Å². The summed E-state index contributed by atoms with van der Waals surface area (Å²) in [5, 5.41) is 17.8. The van der Waals surface area contributed by atoms with E-state index in [4.69, 9.17) is 4.74 Å². The van der Waals surface area contributed by atoms with Gasteiger partial charge in [0.15, 0.2) is 0 Å². The second-order valence-electron chi connectivity index (χ2n) is 9.09. The standard InChI is InChI=1S/C27H35N5O6/c1-4-11-28-26(36)30-22-16-20(9-10-23(22)31-12-14-32(15-13-31)27(37)38-3)25(35)29-21(17-24(33)34)19-7-5-18(2)6-8-19/h5-10,16,21H,4,11-15,17H2,1-3H3,(H,29,35)(H,33,34)(H2,28,30,36). The topological polar surface area (TPSA) is 140 Å². The summed E-state index contributed by atoms with van der Waals surface area (Å²) in [4.78, 5) is 52.7. The minimum Gasteiger partial charge on any atom is -0.481 e. The molecule has 1 atom stereocenters. The maximum absolute atomic E-state index is 13.2. The van der Waals surface area contributed by atoms with Gasteiger partial charge in [-0.25, -0.2) is 9.59 Å². The van der Waals surface area contributed by atoms with Crippen molar-refractivity contribution in [3.63, 3.8) is 0 Å². The Morgan fingerprint density at radius 1 is 1.03 bits per heavy atom. The minimum atomic E-state index is -1.03. The largest absolute Gasteiger partial charge is 0.481 e. The Morgan fingerprint density at radius 2 is 1.71 bits per heavy atom. The number of piperazine rings is 1. The van der Waals surface area contributed by atoms with Crippen molar-refractivity contribution >= 4 is 35.4 Å². The molecular formula is C27H35N5O6. The van der Waals surface area contributed by atoms with Crippen LogP contribution in [0, 0.1) is 6.92 Å². The van der Waals surface area contributed by atoms with Crippen LogP contribution in [0.3, 0.4) is 0 Å². The van der Waals surface area contributed by atoms with Gasteiger partial charge in [0, 0.05) is 38.3 Å². The first-order valence-corrected chi connectivity index (χ1v) is 12.6. The molecule has 1 fully saturated rings. The van der Waals surface area contributed by atoms with Crippen LogP contribution >= 0.6 is 0 Å². The molecule has 0 aliphatic carbocycles. The summed E-state index contributed by atoms with van der Waals surface area (Å²) < 4.78 is 4.80. The van der Waals surface area contributed by atoms with Crippen molar-refractivity contribution in [2.24, 2.45) is 0 Å². The Balaban J connectivity index is 1.84. The lowest BCUT2D eigenvalue weighted by Crippen LogP contribution is -2.49. The number of carbonyl (C=O) groups excluding carboxylic acids is 3. The normalized spacial score (nSPS) is 13.9. The number of nitrogens with zero attached hydrogens (tertiary/aromatic N) is 2. The molecule has 11 heteroatoms. The predicted molar refractivity (Wildman–Crippen MR) is 144 cm³/mol.